The van der Waals surface area contributed by atoms with Gasteiger partial charge in [0, 0.05) is 26.1 Å². The molecule has 10 nitrogen and oxygen atoms in total. The van der Waals surface area contributed by atoms with Crippen molar-refractivity contribution in [2.24, 2.45) is 11.5 Å². The van der Waals surface area contributed by atoms with Crippen molar-refractivity contribution in [2.75, 3.05) is 19.6 Å². The lowest BCUT2D eigenvalue weighted by Gasteiger charge is -2.22. The second kappa shape index (κ2) is 16.8. The molecule has 1 fully saturated rings. The quantitative estimate of drug-likeness (QED) is 0.298. The molecule has 0 aliphatic carbocycles. The second-order valence-electron chi connectivity index (χ2n) is 6.95. The van der Waals surface area contributed by atoms with E-state index in [9.17, 15) is 27.6 Å². The first-order valence-corrected chi connectivity index (χ1v) is 10.3. The van der Waals surface area contributed by atoms with Crippen LogP contribution >= 0.6 is 0 Å². The van der Waals surface area contributed by atoms with Crippen molar-refractivity contribution in [3.05, 3.63) is 35.9 Å². The van der Waals surface area contributed by atoms with Crippen molar-refractivity contribution in [2.45, 2.75) is 51.0 Å². The van der Waals surface area contributed by atoms with E-state index >= 15 is 0 Å². The van der Waals surface area contributed by atoms with E-state index in [4.69, 9.17) is 15.9 Å². The molecule has 2 rings (SSSR count). The van der Waals surface area contributed by atoms with Crippen LogP contribution in [0.4, 0.5) is 13.2 Å². The molecule has 1 heterocycles. The fraction of sp³-hybridized carbons (Fsp3) is 0.550. The Morgan fingerprint density at radius 3 is 2.21 bits per heavy atom. The molecule has 1 atom stereocenters. The van der Waals surface area contributed by atoms with Gasteiger partial charge in [0.15, 0.2) is 0 Å². The average molecular weight is 480 g/mol. The summed E-state index contributed by atoms with van der Waals surface area (Å²) in [4.78, 5) is 30.8. The number of carbonyl (C=O) groups excluding carboxylic acids is 1. The normalized spacial score (nSPS) is 15.0. The van der Waals surface area contributed by atoms with Gasteiger partial charge in [-0.3, -0.25) is 14.4 Å². The molecule has 1 aliphatic rings. The van der Waals surface area contributed by atoms with Crippen LogP contribution in [0, 0.1) is 0 Å². The van der Waals surface area contributed by atoms with Crippen LogP contribution in [0.15, 0.2) is 30.3 Å². The van der Waals surface area contributed by atoms with Crippen LogP contribution in [0.5, 0.6) is 0 Å². The fourth-order valence-electron chi connectivity index (χ4n) is 2.52. The predicted octanol–water partition coefficient (Wildman–Crippen LogP) is 1.02. The Bertz CT molecular complexity index is 699. The Morgan fingerprint density at radius 1 is 1.12 bits per heavy atom. The Morgan fingerprint density at radius 2 is 1.73 bits per heavy atom. The number of carboxylic acid groups (broad SMARTS) is 2. The number of nitrogens with zero attached hydrogens (tertiary/aromatic N) is 1. The summed E-state index contributed by atoms with van der Waals surface area (Å²) >= 11 is 0. The molecule has 13 heteroatoms. The smallest absolute Gasteiger partial charge is 0.473 e. The van der Waals surface area contributed by atoms with E-state index in [1.54, 1.807) is 0 Å². The summed E-state index contributed by atoms with van der Waals surface area (Å²) in [5.41, 5.74) is 12.9. The molecule has 0 spiro atoms. The Hall–Kier alpha value is -2.74. The number of alkyl halides is 3. The third-order valence-electron chi connectivity index (χ3n) is 4.21. The van der Waals surface area contributed by atoms with Crippen LogP contribution in [0.3, 0.4) is 0 Å². The highest BCUT2D eigenvalue weighted by Crippen LogP contribution is 2.20. The van der Waals surface area contributed by atoms with E-state index in [0.717, 1.165) is 18.4 Å². The second-order valence-corrected chi connectivity index (χ2v) is 6.95. The summed E-state index contributed by atoms with van der Waals surface area (Å²) in [6, 6.07) is 8.72. The maximum atomic E-state index is 12.0. The van der Waals surface area contributed by atoms with Crippen molar-refractivity contribution in [3.63, 3.8) is 0 Å². The zero-order valence-corrected chi connectivity index (χ0v) is 18.2. The first-order chi connectivity index (χ1) is 15.5. The summed E-state index contributed by atoms with van der Waals surface area (Å²) in [6.07, 6.45) is -1.63. The van der Waals surface area contributed by atoms with E-state index in [-0.39, 0.29) is 25.9 Å². The maximum Gasteiger partial charge on any atom is 0.473 e. The molecule has 1 amide bonds. The monoisotopic (exact) mass is 479 g/mol. The van der Waals surface area contributed by atoms with Crippen LogP contribution in [0.1, 0.15) is 37.7 Å². The molecule has 33 heavy (non-hydrogen) atoms. The molecule has 0 bridgehead atoms. The molecule has 8 N–H and O–H groups in total. The van der Waals surface area contributed by atoms with E-state index in [2.05, 4.69) is 16.5 Å². The van der Waals surface area contributed by atoms with Crippen LogP contribution in [-0.4, -0.2) is 65.0 Å². The van der Waals surface area contributed by atoms with E-state index in [0.29, 0.717) is 24.5 Å². The minimum atomic E-state index is -4.22. The number of primary amides is 1. The van der Waals surface area contributed by atoms with Gasteiger partial charge in [0.05, 0.1) is 6.54 Å². The van der Waals surface area contributed by atoms with Gasteiger partial charge in [0.1, 0.15) is 6.04 Å². The van der Waals surface area contributed by atoms with Crippen LogP contribution in [-0.2, 0) is 20.9 Å². The summed E-state index contributed by atoms with van der Waals surface area (Å²) in [6.45, 7) is 0.680. The summed E-state index contributed by atoms with van der Waals surface area (Å²) in [5.74, 6) is -2.43. The number of hydrogen-bond donors (Lipinski definition) is 6. The number of carbonyl (C=O) groups is 3. The molecule has 188 valence electrons. The molecule has 1 unspecified atom stereocenters. The minimum absolute atomic E-state index is 0.0682. The Kier molecular flexibility index (Phi) is 15.4. The topological polar surface area (TPSA) is 171 Å². The molecule has 1 aromatic rings. The average Bonchev–Trinajstić information content (AvgIpc) is 3.05. The van der Waals surface area contributed by atoms with Crippen LogP contribution in [0.2, 0.25) is 0 Å². The number of nitrogens with one attached hydrogen (secondary N) is 2. The third kappa shape index (κ3) is 16.5. The summed E-state index contributed by atoms with van der Waals surface area (Å²) in [5, 5.41) is 19.8. The molecule has 0 saturated carbocycles. The van der Waals surface area contributed by atoms with E-state index in [1.807, 2.05) is 30.3 Å². The SMILES string of the molecule is FC(F)(F)N1CCCCCN1.NC(=O)CCC(NCc1ccccc1)C(=O)O.NCC(=O)O. The molecular formula is C20H32F3N5O5. The molecule has 1 aliphatic heterocycles. The standard InChI is InChI=1S/C12H16N2O3.C6H11F3N2.C2H5NO2/c13-11(15)7-6-10(12(16)17)14-8-9-4-2-1-3-5-9;7-6(8,9)11-5-3-1-2-4-10-11;3-1-2(4)5/h1-5,10,14H,6-8H2,(H2,13,15)(H,16,17);10H,1-5H2;1,3H2,(H,4,5). The first-order valence-electron chi connectivity index (χ1n) is 10.3. The zero-order valence-electron chi connectivity index (χ0n) is 18.2. The Labute approximate surface area is 190 Å². The lowest BCUT2D eigenvalue weighted by atomic mass is 10.1. The highest BCUT2D eigenvalue weighted by molar-refractivity contribution is 5.77. The number of hydrazine groups is 1. The number of amides is 1. The molecular weight excluding hydrogens is 447 g/mol. The van der Waals surface area contributed by atoms with Gasteiger partial charge in [0.2, 0.25) is 5.91 Å². The highest BCUT2D eigenvalue weighted by atomic mass is 19.4. The Balaban J connectivity index is 0.000000546. The molecule has 1 saturated heterocycles. The van der Waals surface area contributed by atoms with E-state index < -0.39 is 30.2 Å². The highest BCUT2D eigenvalue weighted by Gasteiger charge is 2.37. The number of nitrogens with two attached hydrogens (primary N) is 2. The number of rotatable bonds is 8. The zero-order chi connectivity index (χ0) is 25.3. The predicted molar refractivity (Wildman–Crippen MR) is 114 cm³/mol. The lowest BCUT2D eigenvalue weighted by molar-refractivity contribution is -0.262. The molecule has 0 radical (unpaired) electrons. The van der Waals surface area contributed by atoms with Crippen molar-refractivity contribution >= 4 is 17.8 Å². The van der Waals surface area contributed by atoms with Gasteiger partial charge >= 0.3 is 18.2 Å². The van der Waals surface area contributed by atoms with Gasteiger partial charge in [-0.05, 0) is 24.8 Å². The van der Waals surface area contributed by atoms with Gasteiger partial charge in [0.25, 0.3) is 0 Å². The molecule has 0 aromatic heterocycles. The van der Waals surface area contributed by atoms with Gasteiger partial charge in [-0.25, -0.2) is 5.43 Å². The number of benzene rings is 1. The first kappa shape index (κ1) is 30.3. The van der Waals surface area contributed by atoms with Gasteiger partial charge in [-0.2, -0.15) is 18.2 Å². The number of carboxylic acids is 2. The van der Waals surface area contributed by atoms with Gasteiger partial charge < -0.3 is 27.0 Å². The third-order valence-corrected chi connectivity index (χ3v) is 4.21. The van der Waals surface area contributed by atoms with Gasteiger partial charge in [-0.15, -0.1) is 0 Å². The van der Waals surface area contributed by atoms with Crippen molar-refractivity contribution < 1.29 is 37.8 Å². The molecule has 1 aromatic carbocycles. The lowest BCUT2D eigenvalue weighted by Crippen LogP contribution is -2.47. The fourth-order valence-corrected chi connectivity index (χ4v) is 2.52. The largest absolute Gasteiger partial charge is 0.480 e. The van der Waals surface area contributed by atoms with Crippen molar-refractivity contribution in [3.8, 4) is 0 Å². The van der Waals surface area contributed by atoms with Crippen LogP contribution < -0.4 is 22.2 Å². The number of halogens is 3. The summed E-state index contributed by atoms with van der Waals surface area (Å²) < 4.78 is 36.0. The van der Waals surface area contributed by atoms with E-state index in [1.165, 1.54) is 0 Å². The number of aliphatic carboxylic acids is 2. The summed E-state index contributed by atoms with van der Waals surface area (Å²) in [7, 11) is 0. The maximum absolute atomic E-state index is 12.0. The van der Waals surface area contributed by atoms with Gasteiger partial charge in [-0.1, -0.05) is 36.8 Å². The minimum Gasteiger partial charge on any atom is -0.480 e. The number of hydrogen-bond acceptors (Lipinski definition) is 7. The van der Waals surface area contributed by atoms with Crippen LogP contribution in [0.25, 0.3) is 0 Å². The van der Waals surface area contributed by atoms with Crippen molar-refractivity contribution in [1.29, 1.82) is 0 Å². The van der Waals surface area contributed by atoms with Crippen molar-refractivity contribution in [1.82, 2.24) is 15.8 Å².